The number of carbonyl (C=O) groups excluding carboxylic acids is 1. The maximum atomic E-state index is 12.7. The largest absolute Gasteiger partial charge is 0.490 e. The van der Waals surface area contributed by atoms with Crippen LogP contribution in [-0.4, -0.2) is 28.7 Å². The van der Waals surface area contributed by atoms with Gasteiger partial charge in [-0.2, -0.15) is 0 Å². The lowest BCUT2D eigenvalue weighted by Gasteiger charge is -2.13. The number of fused-ring (bicyclic) bond motifs is 1. The van der Waals surface area contributed by atoms with E-state index in [1.165, 1.54) is 22.2 Å². The molecule has 0 atom stereocenters. The SMILES string of the molecule is CCOc1ccc(NC(=O)Cn2cnc3sc(C)c(C)c3c2=O)cc1OCC. The van der Waals surface area contributed by atoms with E-state index in [4.69, 9.17) is 9.47 Å². The van der Waals surface area contributed by atoms with Crippen LogP contribution in [0.15, 0.2) is 29.3 Å². The van der Waals surface area contributed by atoms with E-state index in [0.717, 1.165) is 10.4 Å². The van der Waals surface area contributed by atoms with Crippen molar-refractivity contribution in [3.63, 3.8) is 0 Å². The van der Waals surface area contributed by atoms with Crippen LogP contribution in [0.2, 0.25) is 0 Å². The zero-order valence-corrected chi connectivity index (χ0v) is 17.2. The molecule has 2 aromatic heterocycles. The molecule has 1 N–H and O–H groups in total. The Morgan fingerprint density at radius 1 is 1.18 bits per heavy atom. The second-order valence-electron chi connectivity index (χ2n) is 6.22. The third kappa shape index (κ3) is 4.01. The molecule has 1 aromatic carbocycles. The number of amides is 1. The average Bonchev–Trinajstić information content (AvgIpc) is 2.95. The van der Waals surface area contributed by atoms with E-state index in [9.17, 15) is 9.59 Å². The van der Waals surface area contributed by atoms with E-state index >= 15 is 0 Å². The Morgan fingerprint density at radius 3 is 2.61 bits per heavy atom. The minimum atomic E-state index is -0.320. The van der Waals surface area contributed by atoms with Gasteiger partial charge in [-0.15, -0.1) is 11.3 Å². The zero-order valence-electron chi connectivity index (χ0n) is 16.4. The van der Waals surface area contributed by atoms with Crippen molar-refractivity contribution in [1.82, 2.24) is 9.55 Å². The van der Waals surface area contributed by atoms with Gasteiger partial charge in [0.15, 0.2) is 11.5 Å². The number of ether oxygens (including phenoxy) is 2. The monoisotopic (exact) mass is 401 g/mol. The maximum Gasteiger partial charge on any atom is 0.262 e. The lowest BCUT2D eigenvalue weighted by atomic mass is 10.2. The Hall–Kier alpha value is -2.87. The van der Waals surface area contributed by atoms with Crippen LogP contribution >= 0.6 is 11.3 Å². The number of carbonyl (C=O) groups is 1. The van der Waals surface area contributed by atoms with Gasteiger partial charge in [-0.25, -0.2) is 4.98 Å². The summed E-state index contributed by atoms with van der Waals surface area (Å²) in [6, 6.07) is 5.20. The molecule has 0 radical (unpaired) electrons. The summed E-state index contributed by atoms with van der Waals surface area (Å²) < 4.78 is 12.4. The first kappa shape index (κ1) is 19.9. The fraction of sp³-hybridized carbons (Fsp3) is 0.350. The molecular formula is C20H23N3O4S. The Morgan fingerprint density at radius 2 is 1.89 bits per heavy atom. The number of rotatable bonds is 7. The van der Waals surface area contributed by atoms with Crippen molar-refractivity contribution in [2.24, 2.45) is 0 Å². The molecular weight excluding hydrogens is 378 g/mol. The third-order valence-electron chi connectivity index (χ3n) is 4.30. The first-order valence-corrected chi connectivity index (χ1v) is 9.90. The average molecular weight is 401 g/mol. The molecule has 3 rings (SSSR count). The fourth-order valence-corrected chi connectivity index (χ4v) is 3.85. The quantitative estimate of drug-likeness (QED) is 0.655. The van der Waals surface area contributed by atoms with Crippen molar-refractivity contribution >= 4 is 33.1 Å². The van der Waals surface area contributed by atoms with Crippen molar-refractivity contribution in [3.8, 4) is 11.5 Å². The minimum Gasteiger partial charge on any atom is -0.490 e. The highest BCUT2D eigenvalue weighted by molar-refractivity contribution is 7.18. The van der Waals surface area contributed by atoms with Gasteiger partial charge in [0.2, 0.25) is 5.91 Å². The smallest absolute Gasteiger partial charge is 0.262 e. The Balaban J connectivity index is 1.80. The zero-order chi connectivity index (χ0) is 20.3. The fourth-order valence-electron chi connectivity index (χ4n) is 2.87. The van der Waals surface area contributed by atoms with Crippen LogP contribution in [0.4, 0.5) is 5.69 Å². The molecule has 0 unspecified atom stereocenters. The number of aryl methyl sites for hydroxylation is 2. The van der Waals surface area contributed by atoms with Crippen LogP contribution in [0, 0.1) is 13.8 Å². The molecule has 0 aliphatic carbocycles. The number of hydrogen-bond acceptors (Lipinski definition) is 6. The molecule has 0 bridgehead atoms. The molecule has 7 nitrogen and oxygen atoms in total. The molecule has 0 aliphatic heterocycles. The third-order valence-corrected chi connectivity index (χ3v) is 5.41. The number of thiophene rings is 1. The highest BCUT2D eigenvalue weighted by Crippen LogP contribution is 2.30. The molecule has 2 heterocycles. The summed E-state index contributed by atoms with van der Waals surface area (Å²) in [4.78, 5) is 31.3. The molecule has 0 fully saturated rings. The van der Waals surface area contributed by atoms with Crippen molar-refractivity contribution in [2.75, 3.05) is 18.5 Å². The van der Waals surface area contributed by atoms with Gasteiger partial charge in [0.05, 0.1) is 24.9 Å². The molecule has 1 amide bonds. The number of hydrogen-bond donors (Lipinski definition) is 1. The van der Waals surface area contributed by atoms with E-state index in [2.05, 4.69) is 10.3 Å². The summed E-state index contributed by atoms with van der Waals surface area (Å²) in [6.45, 7) is 8.52. The van der Waals surface area contributed by atoms with Gasteiger partial charge in [0, 0.05) is 16.6 Å². The Labute approximate surface area is 166 Å². The van der Waals surface area contributed by atoms with E-state index < -0.39 is 0 Å². The van der Waals surface area contributed by atoms with Crippen molar-refractivity contribution in [2.45, 2.75) is 34.2 Å². The topological polar surface area (TPSA) is 82.5 Å². The number of nitrogens with zero attached hydrogens (tertiary/aromatic N) is 2. The van der Waals surface area contributed by atoms with Crippen LogP contribution in [-0.2, 0) is 11.3 Å². The van der Waals surface area contributed by atoms with Crippen LogP contribution in [0.3, 0.4) is 0 Å². The van der Waals surface area contributed by atoms with Crippen LogP contribution in [0.1, 0.15) is 24.3 Å². The summed E-state index contributed by atoms with van der Waals surface area (Å²) in [6.07, 6.45) is 1.42. The van der Waals surface area contributed by atoms with Gasteiger partial charge < -0.3 is 14.8 Å². The Kier molecular flexibility index (Phi) is 5.99. The van der Waals surface area contributed by atoms with E-state index in [0.29, 0.717) is 40.6 Å². The second kappa shape index (κ2) is 8.43. The predicted octanol–water partition coefficient (Wildman–Crippen LogP) is 3.51. The van der Waals surface area contributed by atoms with Gasteiger partial charge in [-0.05, 0) is 45.4 Å². The predicted molar refractivity (Wildman–Crippen MR) is 111 cm³/mol. The summed E-state index contributed by atoms with van der Waals surface area (Å²) in [5.41, 5.74) is 1.28. The summed E-state index contributed by atoms with van der Waals surface area (Å²) in [5, 5.41) is 3.38. The first-order valence-electron chi connectivity index (χ1n) is 9.09. The molecule has 0 spiro atoms. The highest BCUT2D eigenvalue weighted by atomic mass is 32.1. The second-order valence-corrected chi connectivity index (χ2v) is 7.42. The van der Waals surface area contributed by atoms with Crippen molar-refractivity contribution in [3.05, 3.63) is 45.3 Å². The van der Waals surface area contributed by atoms with Gasteiger partial charge in [0.25, 0.3) is 5.56 Å². The van der Waals surface area contributed by atoms with Gasteiger partial charge in [0.1, 0.15) is 11.4 Å². The van der Waals surface area contributed by atoms with Crippen molar-refractivity contribution in [1.29, 1.82) is 0 Å². The first-order chi connectivity index (χ1) is 13.4. The minimum absolute atomic E-state index is 0.118. The number of benzene rings is 1. The van der Waals surface area contributed by atoms with E-state index in [1.807, 2.05) is 27.7 Å². The normalized spacial score (nSPS) is 10.9. The number of anilines is 1. The van der Waals surface area contributed by atoms with E-state index in [-0.39, 0.29) is 18.0 Å². The molecule has 0 saturated heterocycles. The number of nitrogens with one attached hydrogen (secondary N) is 1. The standard InChI is InChI=1S/C20H23N3O4S/c1-5-26-15-8-7-14(9-16(15)27-6-2)22-17(24)10-23-11-21-19-18(20(23)25)12(3)13(4)28-19/h7-9,11H,5-6,10H2,1-4H3,(H,22,24). The van der Waals surface area contributed by atoms with E-state index in [1.54, 1.807) is 18.2 Å². The summed E-state index contributed by atoms with van der Waals surface area (Å²) >= 11 is 1.48. The Bertz CT molecular complexity index is 1070. The highest BCUT2D eigenvalue weighted by Gasteiger charge is 2.14. The summed E-state index contributed by atoms with van der Waals surface area (Å²) in [5.74, 6) is 0.864. The van der Waals surface area contributed by atoms with Gasteiger partial charge in [-0.3, -0.25) is 14.2 Å². The van der Waals surface area contributed by atoms with Crippen LogP contribution in [0.5, 0.6) is 11.5 Å². The molecule has 8 heteroatoms. The molecule has 0 aliphatic rings. The van der Waals surface area contributed by atoms with Crippen LogP contribution < -0.4 is 20.3 Å². The van der Waals surface area contributed by atoms with Gasteiger partial charge in [-0.1, -0.05) is 0 Å². The molecule has 28 heavy (non-hydrogen) atoms. The molecule has 148 valence electrons. The maximum absolute atomic E-state index is 12.7. The van der Waals surface area contributed by atoms with Crippen molar-refractivity contribution < 1.29 is 14.3 Å². The molecule has 3 aromatic rings. The number of aromatic nitrogens is 2. The molecule has 0 saturated carbocycles. The van der Waals surface area contributed by atoms with Gasteiger partial charge >= 0.3 is 0 Å². The lowest BCUT2D eigenvalue weighted by molar-refractivity contribution is -0.116. The lowest BCUT2D eigenvalue weighted by Crippen LogP contribution is -2.27. The summed E-state index contributed by atoms with van der Waals surface area (Å²) in [7, 11) is 0. The van der Waals surface area contributed by atoms with Crippen LogP contribution in [0.25, 0.3) is 10.2 Å².